The molecule has 1 aromatic heterocycles. The summed E-state index contributed by atoms with van der Waals surface area (Å²) in [4.78, 5) is 33.0. The highest BCUT2D eigenvalue weighted by molar-refractivity contribution is 5.82. The highest BCUT2D eigenvalue weighted by Gasteiger charge is 2.41. The number of carbonyl (C=O) groups is 1. The van der Waals surface area contributed by atoms with Crippen molar-refractivity contribution in [3.8, 4) is 0 Å². The Morgan fingerprint density at radius 3 is 2.71 bits per heavy atom. The van der Waals surface area contributed by atoms with Crippen LogP contribution in [-0.2, 0) is 24.3 Å². The predicted octanol–water partition coefficient (Wildman–Crippen LogP) is 3.31. The molecule has 0 saturated carbocycles. The summed E-state index contributed by atoms with van der Waals surface area (Å²) in [6.45, 7) is 3.18. The third-order valence-corrected chi connectivity index (χ3v) is 6.84. The number of fused-ring (bicyclic) bond motifs is 3. The molecule has 2 atom stereocenters. The Morgan fingerprint density at radius 2 is 1.97 bits per heavy atom. The number of nitrogens with one attached hydrogen (secondary N) is 1. The summed E-state index contributed by atoms with van der Waals surface area (Å²) in [6, 6.07) is 15.1. The average Bonchev–Trinajstić information content (AvgIpc) is 2.88. The monoisotopic (exact) mass is 475 g/mol. The molecule has 0 bridgehead atoms. The molecule has 180 valence electrons. The SMILES string of the molecule is O=C(NCc1cccnc1)[C@@H]1Cc2cc([N+](=O)[O-])ccc2N2CCN(Cc3ccc(F)cc3)C[C@H]12. The number of non-ortho nitro benzene ring substituents is 1. The van der Waals surface area contributed by atoms with E-state index in [4.69, 9.17) is 0 Å². The summed E-state index contributed by atoms with van der Waals surface area (Å²) >= 11 is 0. The van der Waals surface area contributed by atoms with Crippen molar-refractivity contribution >= 4 is 17.3 Å². The molecule has 1 N–H and O–H groups in total. The third-order valence-electron chi connectivity index (χ3n) is 6.84. The fraction of sp³-hybridized carbons (Fsp3) is 0.308. The number of anilines is 1. The van der Waals surface area contributed by atoms with Crippen LogP contribution in [-0.4, -0.2) is 46.4 Å². The minimum Gasteiger partial charge on any atom is -0.365 e. The zero-order chi connectivity index (χ0) is 24.4. The molecule has 1 fully saturated rings. The topological polar surface area (TPSA) is 91.6 Å². The lowest BCUT2D eigenvalue weighted by Gasteiger charge is -2.49. The van der Waals surface area contributed by atoms with E-state index >= 15 is 0 Å². The minimum atomic E-state index is -0.398. The Kier molecular flexibility index (Phi) is 6.41. The van der Waals surface area contributed by atoms with Crippen LogP contribution in [0.5, 0.6) is 0 Å². The molecule has 35 heavy (non-hydrogen) atoms. The van der Waals surface area contributed by atoms with Gasteiger partial charge in [-0.2, -0.15) is 0 Å². The summed E-state index contributed by atoms with van der Waals surface area (Å²) < 4.78 is 13.3. The Labute approximate surface area is 202 Å². The van der Waals surface area contributed by atoms with E-state index in [0.29, 0.717) is 32.6 Å². The van der Waals surface area contributed by atoms with Gasteiger partial charge in [-0.05, 0) is 47.4 Å². The van der Waals surface area contributed by atoms with Gasteiger partial charge in [0.1, 0.15) is 5.82 Å². The number of halogens is 1. The standard InChI is InChI=1S/C26H26FN5O3/c27-21-5-3-18(4-6-21)16-30-10-11-31-24-8-7-22(32(34)35)12-20(24)13-23(25(31)17-30)26(33)29-15-19-2-1-9-28-14-19/h1-9,12,14,23,25H,10-11,13,15-17H2,(H,29,33)/t23-,25-/m1/s1. The number of hydrogen-bond acceptors (Lipinski definition) is 6. The Bertz CT molecular complexity index is 1220. The van der Waals surface area contributed by atoms with E-state index < -0.39 is 4.92 Å². The number of rotatable bonds is 6. The van der Waals surface area contributed by atoms with E-state index in [1.165, 1.54) is 18.2 Å². The van der Waals surface area contributed by atoms with Gasteiger partial charge in [0.25, 0.3) is 5.69 Å². The van der Waals surface area contributed by atoms with E-state index in [1.54, 1.807) is 36.7 Å². The molecular weight excluding hydrogens is 449 g/mol. The van der Waals surface area contributed by atoms with Crippen LogP contribution in [0.1, 0.15) is 16.7 Å². The number of carbonyl (C=O) groups excluding carboxylic acids is 1. The van der Waals surface area contributed by atoms with Crippen LogP contribution < -0.4 is 10.2 Å². The van der Waals surface area contributed by atoms with Gasteiger partial charge in [-0.15, -0.1) is 0 Å². The van der Waals surface area contributed by atoms with Crippen LogP contribution >= 0.6 is 0 Å². The minimum absolute atomic E-state index is 0.0339. The predicted molar refractivity (Wildman–Crippen MR) is 129 cm³/mol. The number of hydrogen-bond donors (Lipinski definition) is 1. The van der Waals surface area contributed by atoms with Crippen molar-refractivity contribution in [3.63, 3.8) is 0 Å². The van der Waals surface area contributed by atoms with Crippen molar-refractivity contribution in [1.82, 2.24) is 15.2 Å². The molecule has 1 saturated heterocycles. The molecule has 9 heteroatoms. The van der Waals surface area contributed by atoms with Gasteiger partial charge in [-0.25, -0.2) is 4.39 Å². The van der Waals surface area contributed by atoms with Gasteiger partial charge in [0.05, 0.1) is 16.9 Å². The Hall–Kier alpha value is -3.85. The highest BCUT2D eigenvalue weighted by Crippen LogP contribution is 2.38. The maximum absolute atomic E-state index is 13.4. The van der Waals surface area contributed by atoms with Gasteiger partial charge in [0.2, 0.25) is 5.91 Å². The van der Waals surface area contributed by atoms with Gasteiger partial charge in [0.15, 0.2) is 0 Å². The maximum atomic E-state index is 13.4. The molecule has 0 unspecified atom stereocenters. The third kappa shape index (κ3) is 5.00. The second-order valence-corrected chi connectivity index (χ2v) is 9.08. The zero-order valence-electron chi connectivity index (χ0n) is 19.1. The molecule has 0 radical (unpaired) electrons. The lowest BCUT2D eigenvalue weighted by Crippen LogP contribution is -2.60. The van der Waals surface area contributed by atoms with E-state index in [1.807, 2.05) is 12.1 Å². The molecule has 3 heterocycles. The van der Waals surface area contributed by atoms with Gasteiger partial charge in [-0.3, -0.25) is 24.8 Å². The largest absolute Gasteiger partial charge is 0.365 e. The molecule has 5 rings (SSSR count). The van der Waals surface area contributed by atoms with Crippen molar-refractivity contribution in [1.29, 1.82) is 0 Å². The highest BCUT2D eigenvalue weighted by atomic mass is 19.1. The molecule has 0 aliphatic carbocycles. The van der Waals surface area contributed by atoms with Crippen molar-refractivity contribution in [2.24, 2.45) is 5.92 Å². The number of benzene rings is 2. The first-order valence-corrected chi connectivity index (χ1v) is 11.7. The maximum Gasteiger partial charge on any atom is 0.269 e. The summed E-state index contributed by atoms with van der Waals surface area (Å²) in [5.74, 6) is -0.705. The smallest absolute Gasteiger partial charge is 0.269 e. The molecular formula is C26H26FN5O3. The van der Waals surface area contributed by atoms with Gasteiger partial charge < -0.3 is 10.2 Å². The average molecular weight is 476 g/mol. The van der Waals surface area contributed by atoms with Crippen LogP contribution in [0.15, 0.2) is 67.0 Å². The summed E-state index contributed by atoms with van der Waals surface area (Å²) in [7, 11) is 0. The molecule has 2 aliphatic heterocycles. The van der Waals surface area contributed by atoms with E-state index in [-0.39, 0.29) is 29.4 Å². The van der Waals surface area contributed by atoms with Crippen LogP contribution in [0.25, 0.3) is 0 Å². The number of pyridine rings is 1. The van der Waals surface area contributed by atoms with Crippen molar-refractivity contribution in [2.45, 2.75) is 25.6 Å². The first kappa shape index (κ1) is 22.9. The summed E-state index contributed by atoms with van der Waals surface area (Å²) in [5.41, 5.74) is 3.74. The van der Waals surface area contributed by atoms with E-state index in [0.717, 1.165) is 28.9 Å². The van der Waals surface area contributed by atoms with Crippen LogP contribution in [0, 0.1) is 21.8 Å². The normalized spacial score (nSPS) is 19.5. The number of aromatic nitrogens is 1. The fourth-order valence-corrected chi connectivity index (χ4v) is 5.10. The lowest BCUT2D eigenvalue weighted by atomic mass is 9.83. The molecule has 0 spiro atoms. The van der Waals surface area contributed by atoms with Crippen molar-refractivity contribution < 1.29 is 14.1 Å². The van der Waals surface area contributed by atoms with Crippen molar-refractivity contribution in [3.05, 3.63) is 99.6 Å². The number of nitro benzene ring substituents is 1. The Balaban J connectivity index is 1.39. The van der Waals surface area contributed by atoms with Crippen LogP contribution in [0.3, 0.4) is 0 Å². The Morgan fingerprint density at radius 1 is 1.14 bits per heavy atom. The molecule has 1 amide bonds. The van der Waals surface area contributed by atoms with Gasteiger partial charge in [-0.1, -0.05) is 18.2 Å². The number of piperazine rings is 1. The van der Waals surface area contributed by atoms with Crippen LogP contribution in [0.4, 0.5) is 15.8 Å². The summed E-state index contributed by atoms with van der Waals surface area (Å²) in [5, 5.41) is 14.4. The first-order valence-electron chi connectivity index (χ1n) is 11.7. The second kappa shape index (κ2) is 9.79. The van der Waals surface area contributed by atoms with E-state index in [2.05, 4.69) is 20.1 Å². The molecule has 2 aromatic carbocycles. The molecule has 2 aliphatic rings. The fourth-order valence-electron chi connectivity index (χ4n) is 5.10. The van der Waals surface area contributed by atoms with Crippen LogP contribution in [0.2, 0.25) is 0 Å². The van der Waals surface area contributed by atoms with Gasteiger partial charge in [0, 0.05) is 62.9 Å². The summed E-state index contributed by atoms with van der Waals surface area (Å²) in [6.07, 6.45) is 3.84. The lowest BCUT2D eigenvalue weighted by molar-refractivity contribution is -0.384. The van der Waals surface area contributed by atoms with Crippen molar-refractivity contribution in [2.75, 3.05) is 24.5 Å². The number of amides is 1. The molecule has 3 aromatic rings. The first-order chi connectivity index (χ1) is 17.0. The molecule has 8 nitrogen and oxygen atoms in total. The van der Waals surface area contributed by atoms with E-state index in [9.17, 15) is 19.3 Å². The second-order valence-electron chi connectivity index (χ2n) is 9.08. The zero-order valence-corrected chi connectivity index (χ0v) is 19.1. The van der Waals surface area contributed by atoms with Gasteiger partial charge >= 0.3 is 0 Å². The quantitative estimate of drug-likeness (QED) is 0.435. The number of nitro groups is 1. The number of nitrogens with zero attached hydrogens (tertiary/aromatic N) is 4.